The third-order valence-electron chi connectivity index (χ3n) is 5.48. The first kappa shape index (κ1) is 23.3. The van der Waals surface area contributed by atoms with Gasteiger partial charge in [-0.25, -0.2) is 4.79 Å². The molecule has 0 bridgehead atoms. The van der Waals surface area contributed by atoms with Gasteiger partial charge in [-0.05, 0) is 30.5 Å². The first-order valence-corrected chi connectivity index (χ1v) is 11.2. The van der Waals surface area contributed by atoms with Gasteiger partial charge in [0.15, 0.2) is 5.82 Å². The fourth-order valence-corrected chi connectivity index (χ4v) is 3.83. The fourth-order valence-electron chi connectivity index (χ4n) is 3.83. The molecule has 4 rings (SSSR count). The molecule has 4 aromatic rings. The molecule has 0 radical (unpaired) electrons. The van der Waals surface area contributed by atoms with Crippen LogP contribution in [0.3, 0.4) is 0 Å². The Labute approximate surface area is 198 Å². The van der Waals surface area contributed by atoms with E-state index in [1.54, 1.807) is 0 Å². The highest BCUT2D eigenvalue weighted by Crippen LogP contribution is 2.19. The summed E-state index contributed by atoms with van der Waals surface area (Å²) < 4.78 is 2.13. The van der Waals surface area contributed by atoms with Crippen molar-refractivity contribution >= 4 is 5.97 Å². The van der Waals surface area contributed by atoms with Crippen LogP contribution in [0, 0.1) is 0 Å². The number of pyridine rings is 1. The lowest BCUT2D eigenvalue weighted by molar-refractivity contribution is 0.0696. The van der Waals surface area contributed by atoms with E-state index in [9.17, 15) is 15.0 Å². The van der Waals surface area contributed by atoms with E-state index >= 15 is 0 Å². The van der Waals surface area contributed by atoms with Gasteiger partial charge >= 0.3 is 5.97 Å². The molecule has 8 heteroatoms. The molecule has 0 saturated heterocycles. The molecule has 0 unspecified atom stereocenters. The minimum absolute atomic E-state index is 0.103. The first-order valence-electron chi connectivity index (χ1n) is 11.2. The molecule has 0 spiro atoms. The van der Waals surface area contributed by atoms with Gasteiger partial charge in [-0.3, -0.25) is 4.98 Å². The predicted octanol–water partition coefficient (Wildman–Crippen LogP) is 3.45. The van der Waals surface area contributed by atoms with Crippen molar-refractivity contribution in [3.05, 3.63) is 101 Å². The van der Waals surface area contributed by atoms with Crippen LogP contribution in [0.25, 0.3) is 11.4 Å². The van der Waals surface area contributed by atoms with Gasteiger partial charge in [0.25, 0.3) is 0 Å². The molecule has 0 fully saturated rings. The number of benzene rings is 2. The zero-order valence-electron chi connectivity index (χ0n) is 18.8. The molecule has 0 aliphatic rings. The second kappa shape index (κ2) is 11.3. The lowest BCUT2D eigenvalue weighted by atomic mass is 10.1. The number of hydrogen-bond donors (Lipinski definition) is 3. The van der Waals surface area contributed by atoms with Crippen LogP contribution in [-0.4, -0.2) is 35.9 Å². The van der Waals surface area contributed by atoms with Gasteiger partial charge in [0, 0.05) is 18.7 Å². The average Bonchev–Trinajstić information content (AvgIpc) is 3.27. The first-order chi connectivity index (χ1) is 16.6. The maximum atomic E-state index is 11.4. The number of aryl methyl sites for hydroxylation is 1. The van der Waals surface area contributed by atoms with Crippen LogP contribution in [0.5, 0.6) is 0 Å². The molecule has 0 atom stereocenters. The summed E-state index contributed by atoms with van der Waals surface area (Å²) in [6, 6.07) is 23.2. The molecule has 174 valence electrons. The number of carbonyl (C=O) groups is 1. The molecule has 2 aromatic heterocycles. The number of carboxylic acids is 1. The Balaban J connectivity index is 1.48. The van der Waals surface area contributed by atoms with Crippen molar-refractivity contribution in [3.8, 4) is 11.4 Å². The SMILES string of the molecule is O=C(O)c1cc(CO)nc(CNCc2nnc(-c3ccccc3)n2CCCc2ccccc2)c1. The highest BCUT2D eigenvalue weighted by Gasteiger charge is 2.14. The Kier molecular flexibility index (Phi) is 7.75. The number of aromatic carboxylic acids is 1. The molecule has 0 aliphatic carbocycles. The summed E-state index contributed by atoms with van der Waals surface area (Å²) in [5, 5.41) is 30.8. The van der Waals surface area contributed by atoms with Gasteiger partial charge in [-0.2, -0.15) is 0 Å². The molecule has 2 aromatic carbocycles. The summed E-state index contributed by atoms with van der Waals surface area (Å²) in [6.45, 7) is 1.24. The number of aliphatic hydroxyl groups is 1. The van der Waals surface area contributed by atoms with Crippen molar-refractivity contribution in [1.29, 1.82) is 0 Å². The average molecular weight is 458 g/mol. The van der Waals surface area contributed by atoms with Crippen LogP contribution < -0.4 is 5.32 Å². The number of hydrogen-bond acceptors (Lipinski definition) is 6. The van der Waals surface area contributed by atoms with Gasteiger partial charge in [-0.1, -0.05) is 60.7 Å². The lowest BCUT2D eigenvalue weighted by Gasteiger charge is -2.12. The molecule has 2 heterocycles. The van der Waals surface area contributed by atoms with E-state index in [1.165, 1.54) is 17.7 Å². The van der Waals surface area contributed by atoms with Crippen LogP contribution in [0.4, 0.5) is 0 Å². The predicted molar refractivity (Wildman–Crippen MR) is 128 cm³/mol. The third kappa shape index (κ3) is 5.92. The van der Waals surface area contributed by atoms with Crippen LogP contribution in [0.15, 0.2) is 72.8 Å². The largest absolute Gasteiger partial charge is 0.478 e. The van der Waals surface area contributed by atoms with Crippen LogP contribution in [0.2, 0.25) is 0 Å². The highest BCUT2D eigenvalue weighted by atomic mass is 16.4. The summed E-state index contributed by atoms with van der Waals surface area (Å²) in [4.78, 5) is 15.7. The van der Waals surface area contributed by atoms with Crippen LogP contribution >= 0.6 is 0 Å². The van der Waals surface area contributed by atoms with Crippen molar-refractivity contribution in [2.24, 2.45) is 0 Å². The van der Waals surface area contributed by atoms with E-state index in [1.807, 2.05) is 36.4 Å². The van der Waals surface area contributed by atoms with E-state index in [0.717, 1.165) is 36.6 Å². The number of aliphatic hydroxyl groups excluding tert-OH is 1. The summed E-state index contributed by atoms with van der Waals surface area (Å²) in [5.74, 6) is 0.562. The Morgan fingerprint density at radius 3 is 2.32 bits per heavy atom. The number of rotatable bonds is 11. The second-order valence-electron chi connectivity index (χ2n) is 7.95. The quantitative estimate of drug-likeness (QED) is 0.316. The van der Waals surface area contributed by atoms with E-state index in [-0.39, 0.29) is 12.2 Å². The highest BCUT2D eigenvalue weighted by molar-refractivity contribution is 5.87. The number of aromatic nitrogens is 4. The zero-order chi connectivity index (χ0) is 23.8. The monoisotopic (exact) mass is 457 g/mol. The molecule has 0 saturated carbocycles. The Hall–Kier alpha value is -3.88. The fraction of sp³-hybridized carbons (Fsp3) is 0.231. The number of nitrogens with zero attached hydrogens (tertiary/aromatic N) is 4. The standard InChI is InChI=1S/C26H27N5O3/c32-18-23-15-21(26(33)34)14-22(28-23)16-27-17-24-29-30-25(20-11-5-2-6-12-20)31(24)13-7-10-19-8-3-1-4-9-19/h1-6,8-9,11-12,14-15,27,32H,7,10,13,16-18H2,(H,33,34). The molecule has 8 nitrogen and oxygen atoms in total. The summed E-state index contributed by atoms with van der Waals surface area (Å²) in [7, 11) is 0. The second-order valence-corrected chi connectivity index (χ2v) is 7.95. The van der Waals surface area contributed by atoms with Crippen molar-refractivity contribution in [3.63, 3.8) is 0 Å². The topological polar surface area (TPSA) is 113 Å². The molecule has 0 amide bonds. The van der Waals surface area contributed by atoms with Gasteiger partial charge in [0.05, 0.1) is 30.1 Å². The Morgan fingerprint density at radius 2 is 1.62 bits per heavy atom. The summed E-state index contributed by atoms with van der Waals surface area (Å²) in [5.41, 5.74) is 3.27. The van der Waals surface area contributed by atoms with Crippen molar-refractivity contribution in [2.75, 3.05) is 0 Å². The van der Waals surface area contributed by atoms with Gasteiger partial charge in [-0.15, -0.1) is 10.2 Å². The van der Waals surface area contributed by atoms with Crippen LogP contribution in [0.1, 0.15) is 39.6 Å². The van der Waals surface area contributed by atoms with Crippen LogP contribution in [-0.2, 0) is 32.7 Å². The normalized spacial score (nSPS) is 11.0. The number of nitrogens with one attached hydrogen (secondary N) is 1. The van der Waals surface area contributed by atoms with E-state index in [4.69, 9.17) is 0 Å². The van der Waals surface area contributed by atoms with Crippen molar-refractivity contribution in [1.82, 2.24) is 25.1 Å². The van der Waals surface area contributed by atoms with E-state index < -0.39 is 5.97 Å². The molecule has 34 heavy (non-hydrogen) atoms. The Bertz CT molecular complexity index is 1230. The smallest absolute Gasteiger partial charge is 0.335 e. The van der Waals surface area contributed by atoms with Crippen molar-refractivity contribution < 1.29 is 15.0 Å². The molecule has 0 aliphatic heterocycles. The maximum absolute atomic E-state index is 11.4. The third-order valence-corrected chi connectivity index (χ3v) is 5.48. The van der Waals surface area contributed by atoms with Crippen molar-refractivity contribution in [2.45, 2.75) is 39.1 Å². The van der Waals surface area contributed by atoms with Gasteiger partial charge in [0.1, 0.15) is 5.82 Å². The minimum Gasteiger partial charge on any atom is -0.478 e. The van der Waals surface area contributed by atoms with E-state index in [2.05, 4.69) is 49.3 Å². The molecule has 3 N–H and O–H groups in total. The molecular weight excluding hydrogens is 430 g/mol. The summed E-state index contributed by atoms with van der Waals surface area (Å²) >= 11 is 0. The zero-order valence-corrected chi connectivity index (χ0v) is 18.8. The van der Waals surface area contributed by atoms with Gasteiger partial charge in [0.2, 0.25) is 0 Å². The number of carboxylic acid groups (broad SMARTS) is 1. The Morgan fingerprint density at radius 1 is 0.912 bits per heavy atom. The molecular formula is C26H27N5O3. The maximum Gasteiger partial charge on any atom is 0.335 e. The lowest BCUT2D eigenvalue weighted by Crippen LogP contribution is -2.19. The van der Waals surface area contributed by atoms with Gasteiger partial charge < -0.3 is 20.1 Å². The minimum atomic E-state index is -1.05. The summed E-state index contributed by atoms with van der Waals surface area (Å²) in [6.07, 6.45) is 1.90. The van der Waals surface area contributed by atoms with E-state index in [0.29, 0.717) is 24.5 Å².